The molecule has 0 bridgehead atoms. The van der Waals surface area contributed by atoms with Crippen molar-refractivity contribution in [3.05, 3.63) is 41.7 Å². The molecule has 0 fully saturated rings. The van der Waals surface area contributed by atoms with E-state index in [2.05, 4.69) is 25.5 Å². The van der Waals surface area contributed by atoms with Gasteiger partial charge in [-0.25, -0.2) is 0 Å². The Morgan fingerprint density at radius 1 is 1.27 bits per heavy atom. The second kappa shape index (κ2) is 9.59. The van der Waals surface area contributed by atoms with E-state index in [1.54, 1.807) is 30.1 Å². The Morgan fingerprint density at radius 3 is 2.69 bits per heavy atom. The van der Waals surface area contributed by atoms with Crippen molar-refractivity contribution < 1.29 is 18.3 Å². The van der Waals surface area contributed by atoms with E-state index in [4.69, 9.17) is 4.74 Å². The molecule has 7 nitrogen and oxygen atoms in total. The Morgan fingerprint density at radius 2 is 2.08 bits per heavy atom. The molecule has 0 unspecified atom stereocenters. The van der Waals surface area contributed by atoms with E-state index in [1.807, 2.05) is 19.2 Å². The summed E-state index contributed by atoms with van der Waals surface area (Å²) >= 11 is 0. The molecule has 1 heterocycles. The Balaban J connectivity index is 1.86. The van der Waals surface area contributed by atoms with Crippen molar-refractivity contribution >= 4 is 5.96 Å². The predicted octanol–water partition coefficient (Wildman–Crippen LogP) is 1.94. The lowest BCUT2D eigenvalue weighted by molar-refractivity contribution is -0.0512. The quantitative estimate of drug-likeness (QED) is 0.551. The van der Waals surface area contributed by atoms with Crippen LogP contribution in [0.15, 0.2) is 35.5 Å². The van der Waals surface area contributed by atoms with Crippen molar-refractivity contribution in [1.29, 1.82) is 0 Å². The summed E-state index contributed by atoms with van der Waals surface area (Å²) in [6.07, 6.45) is 2.34. The van der Waals surface area contributed by atoms with Gasteiger partial charge in [-0.15, -0.1) is 0 Å². The average Bonchev–Trinajstić information content (AvgIpc) is 3.02. The monoisotopic (exact) mass is 367 g/mol. The lowest BCUT2D eigenvalue weighted by Crippen LogP contribution is -2.38. The largest absolute Gasteiger partial charge is 0.493 e. The van der Waals surface area contributed by atoms with E-state index in [9.17, 15) is 8.78 Å². The van der Waals surface area contributed by atoms with Crippen LogP contribution in [0.1, 0.15) is 11.3 Å². The molecule has 0 atom stereocenters. The zero-order valence-electron chi connectivity index (χ0n) is 15.0. The van der Waals surface area contributed by atoms with Gasteiger partial charge in [-0.05, 0) is 30.2 Å². The van der Waals surface area contributed by atoms with Crippen molar-refractivity contribution in [1.82, 2.24) is 20.4 Å². The molecule has 0 saturated carbocycles. The second-order valence-electron chi connectivity index (χ2n) is 5.41. The first-order chi connectivity index (χ1) is 12.5. The number of alkyl halides is 2. The molecular formula is C17H23F2N5O2. The van der Waals surface area contributed by atoms with Crippen LogP contribution in [0.5, 0.6) is 11.5 Å². The van der Waals surface area contributed by atoms with Crippen LogP contribution in [0.2, 0.25) is 0 Å². The standard InChI is InChI=1S/C17H23F2N5O2/c1-20-17(22-11-13-7-9-23-24(13)2)21-8-6-12-4-5-14(25-3)15(10-12)26-16(18)19/h4-5,7,9-10,16H,6,8,11H2,1-3H3,(H2,20,21,22). The van der Waals surface area contributed by atoms with E-state index in [1.165, 1.54) is 7.11 Å². The van der Waals surface area contributed by atoms with Crippen LogP contribution in [-0.4, -0.2) is 43.1 Å². The molecule has 2 rings (SSSR count). The van der Waals surface area contributed by atoms with Gasteiger partial charge in [0.15, 0.2) is 17.5 Å². The fraction of sp³-hybridized carbons (Fsp3) is 0.412. The third kappa shape index (κ3) is 5.61. The van der Waals surface area contributed by atoms with Crippen molar-refractivity contribution in [2.24, 2.45) is 12.0 Å². The maximum Gasteiger partial charge on any atom is 0.387 e. The van der Waals surface area contributed by atoms with E-state index in [-0.39, 0.29) is 11.5 Å². The number of rotatable bonds is 8. The number of benzene rings is 1. The summed E-state index contributed by atoms with van der Waals surface area (Å²) in [5, 5.41) is 10.5. The van der Waals surface area contributed by atoms with Crippen LogP contribution in [0.4, 0.5) is 8.78 Å². The molecule has 0 saturated heterocycles. The number of halogens is 2. The maximum absolute atomic E-state index is 12.5. The first-order valence-corrected chi connectivity index (χ1v) is 8.06. The van der Waals surface area contributed by atoms with Gasteiger partial charge in [-0.2, -0.15) is 13.9 Å². The van der Waals surface area contributed by atoms with Crippen LogP contribution >= 0.6 is 0 Å². The molecule has 0 amide bonds. The number of guanidine groups is 1. The first-order valence-electron chi connectivity index (χ1n) is 8.06. The molecule has 142 valence electrons. The zero-order valence-corrected chi connectivity index (χ0v) is 15.0. The van der Waals surface area contributed by atoms with Crippen LogP contribution < -0.4 is 20.1 Å². The number of hydrogen-bond acceptors (Lipinski definition) is 4. The van der Waals surface area contributed by atoms with Crippen LogP contribution in [0.25, 0.3) is 0 Å². The number of aliphatic imine (C=N–C) groups is 1. The summed E-state index contributed by atoms with van der Waals surface area (Å²) in [5.74, 6) is 0.943. The van der Waals surface area contributed by atoms with Gasteiger partial charge in [0.05, 0.1) is 19.3 Å². The Labute approximate surface area is 151 Å². The van der Waals surface area contributed by atoms with Crippen molar-refractivity contribution in [3.63, 3.8) is 0 Å². The van der Waals surface area contributed by atoms with Gasteiger partial charge in [-0.3, -0.25) is 9.67 Å². The summed E-state index contributed by atoms with van der Waals surface area (Å²) in [6.45, 7) is -1.73. The minimum atomic E-state index is -2.90. The molecule has 0 aliphatic heterocycles. The van der Waals surface area contributed by atoms with Crippen LogP contribution in [0.3, 0.4) is 0 Å². The summed E-state index contributed by atoms with van der Waals surface area (Å²) in [5.41, 5.74) is 1.87. The molecule has 9 heteroatoms. The molecule has 0 aliphatic rings. The fourth-order valence-corrected chi connectivity index (χ4v) is 2.36. The molecule has 0 aliphatic carbocycles. The molecule has 1 aromatic carbocycles. The topological polar surface area (TPSA) is 72.7 Å². The average molecular weight is 367 g/mol. The third-order valence-corrected chi connectivity index (χ3v) is 3.73. The normalized spacial score (nSPS) is 11.5. The minimum Gasteiger partial charge on any atom is -0.493 e. The first kappa shape index (κ1) is 19.5. The van der Waals surface area contributed by atoms with Crippen LogP contribution in [0, 0.1) is 0 Å². The molecule has 1 aromatic heterocycles. The highest BCUT2D eigenvalue weighted by molar-refractivity contribution is 5.79. The second-order valence-corrected chi connectivity index (χ2v) is 5.41. The maximum atomic E-state index is 12.5. The summed E-state index contributed by atoms with van der Waals surface area (Å²) in [7, 11) is 4.96. The highest BCUT2D eigenvalue weighted by Gasteiger charge is 2.11. The number of nitrogens with one attached hydrogen (secondary N) is 2. The lowest BCUT2D eigenvalue weighted by atomic mass is 10.1. The Kier molecular flexibility index (Phi) is 7.19. The number of aromatic nitrogens is 2. The molecule has 2 aromatic rings. The van der Waals surface area contributed by atoms with Crippen LogP contribution in [-0.2, 0) is 20.0 Å². The molecule has 0 radical (unpaired) electrons. The summed E-state index contributed by atoms with van der Waals surface area (Å²) in [6, 6.07) is 6.90. The third-order valence-electron chi connectivity index (χ3n) is 3.73. The summed E-state index contributed by atoms with van der Waals surface area (Å²) < 4.78 is 36.3. The minimum absolute atomic E-state index is 0.0266. The van der Waals surface area contributed by atoms with Crippen molar-refractivity contribution in [2.75, 3.05) is 20.7 Å². The highest BCUT2D eigenvalue weighted by Crippen LogP contribution is 2.29. The van der Waals surface area contributed by atoms with Gasteiger partial charge in [0.1, 0.15) is 0 Å². The lowest BCUT2D eigenvalue weighted by Gasteiger charge is -2.13. The van der Waals surface area contributed by atoms with E-state index >= 15 is 0 Å². The number of methoxy groups -OCH3 is 1. The molecule has 0 spiro atoms. The fourth-order valence-electron chi connectivity index (χ4n) is 2.36. The number of hydrogen-bond donors (Lipinski definition) is 2. The van der Waals surface area contributed by atoms with Gasteiger partial charge in [0.2, 0.25) is 0 Å². The number of ether oxygens (including phenoxy) is 2. The smallest absolute Gasteiger partial charge is 0.387 e. The SMILES string of the molecule is CN=C(NCCc1ccc(OC)c(OC(F)F)c1)NCc1ccnn1C. The number of nitrogens with zero attached hydrogens (tertiary/aromatic N) is 3. The van der Waals surface area contributed by atoms with E-state index in [0.717, 1.165) is 11.3 Å². The van der Waals surface area contributed by atoms with Gasteiger partial charge in [0.25, 0.3) is 0 Å². The van der Waals surface area contributed by atoms with Gasteiger partial charge >= 0.3 is 6.61 Å². The van der Waals surface area contributed by atoms with Crippen molar-refractivity contribution in [3.8, 4) is 11.5 Å². The van der Waals surface area contributed by atoms with Gasteiger partial charge in [0, 0.05) is 26.8 Å². The van der Waals surface area contributed by atoms with Crippen molar-refractivity contribution in [2.45, 2.75) is 19.6 Å². The van der Waals surface area contributed by atoms with Gasteiger partial charge < -0.3 is 20.1 Å². The predicted molar refractivity (Wildman–Crippen MR) is 94.7 cm³/mol. The van der Waals surface area contributed by atoms with Gasteiger partial charge in [-0.1, -0.05) is 6.07 Å². The molecule has 2 N–H and O–H groups in total. The summed E-state index contributed by atoms with van der Waals surface area (Å²) in [4.78, 5) is 4.15. The molecular weight excluding hydrogens is 344 g/mol. The molecule has 26 heavy (non-hydrogen) atoms. The Bertz CT molecular complexity index is 734. The zero-order chi connectivity index (χ0) is 18.9. The highest BCUT2D eigenvalue weighted by atomic mass is 19.3. The Hall–Kier alpha value is -2.84. The van der Waals surface area contributed by atoms with E-state index < -0.39 is 6.61 Å². The number of aryl methyl sites for hydroxylation is 1. The van der Waals surface area contributed by atoms with E-state index in [0.29, 0.717) is 25.5 Å².